The topological polar surface area (TPSA) is 12.9 Å². The number of hydrogen-bond acceptors (Lipinski definition) is 2. The van der Waals surface area contributed by atoms with Crippen LogP contribution < -0.4 is 0 Å². The van der Waals surface area contributed by atoms with E-state index in [4.69, 9.17) is 16.6 Å². The van der Waals surface area contributed by atoms with E-state index >= 15 is 0 Å². The summed E-state index contributed by atoms with van der Waals surface area (Å²) in [4.78, 5) is 4.72. The number of para-hydroxylation sites is 1. The van der Waals surface area contributed by atoms with Gasteiger partial charge in [-0.05, 0) is 17.5 Å². The van der Waals surface area contributed by atoms with Gasteiger partial charge in [-0.25, -0.2) is 4.98 Å². The third-order valence-electron chi connectivity index (χ3n) is 5.13. The van der Waals surface area contributed by atoms with Gasteiger partial charge < -0.3 is 0 Å². The summed E-state index contributed by atoms with van der Waals surface area (Å²) in [5.74, 6) is 0. The molecule has 1 nitrogen and oxygen atoms in total. The summed E-state index contributed by atoms with van der Waals surface area (Å²) in [7, 11) is 0. The molecular formula is C23H12ClNS. The van der Waals surface area contributed by atoms with Crippen molar-refractivity contribution in [2.24, 2.45) is 0 Å². The van der Waals surface area contributed by atoms with E-state index in [0.29, 0.717) is 5.15 Å². The van der Waals surface area contributed by atoms with Gasteiger partial charge in [0.2, 0.25) is 0 Å². The summed E-state index contributed by atoms with van der Waals surface area (Å²) >= 11 is 8.60. The summed E-state index contributed by atoms with van der Waals surface area (Å²) in [5.41, 5.74) is 0.939. The standard InChI is InChI=1S/C23H12ClNS/c24-23-21-19(15-9-3-5-11-17(15)25-23)13-7-1-2-8-14(13)22-20(21)16-10-4-6-12-18(16)26-22/h1-12H. The predicted molar refractivity (Wildman–Crippen MR) is 115 cm³/mol. The smallest absolute Gasteiger partial charge is 0.138 e. The second-order valence-electron chi connectivity index (χ2n) is 6.52. The largest absolute Gasteiger partial charge is 0.235 e. The van der Waals surface area contributed by atoms with Crippen molar-refractivity contribution in [3.05, 3.63) is 77.9 Å². The molecule has 3 heteroatoms. The van der Waals surface area contributed by atoms with Crippen LogP contribution >= 0.6 is 22.9 Å². The predicted octanol–water partition coefficient (Wildman–Crippen LogP) is 7.56. The second kappa shape index (κ2) is 5.16. The summed E-state index contributed by atoms with van der Waals surface area (Å²) in [6.45, 7) is 0. The zero-order chi connectivity index (χ0) is 17.3. The highest BCUT2D eigenvalue weighted by atomic mass is 35.5. The SMILES string of the molecule is Clc1nc2ccccc2c2c3ccccc3c3sc4ccccc4c3c12. The van der Waals surface area contributed by atoms with Crippen LogP contribution in [0.25, 0.3) is 52.6 Å². The number of rotatable bonds is 0. The molecule has 0 spiro atoms. The van der Waals surface area contributed by atoms with Crippen LogP contribution in [0.4, 0.5) is 0 Å². The maximum Gasteiger partial charge on any atom is 0.138 e. The van der Waals surface area contributed by atoms with Crippen LogP contribution in [0.2, 0.25) is 5.15 Å². The average molecular weight is 370 g/mol. The molecule has 0 bridgehead atoms. The molecule has 0 amide bonds. The van der Waals surface area contributed by atoms with E-state index in [2.05, 4.69) is 60.7 Å². The summed E-state index contributed by atoms with van der Waals surface area (Å²) in [6.07, 6.45) is 0. The zero-order valence-electron chi connectivity index (χ0n) is 13.7. The van der Waals surface area contributed by atoms with E-state index < -0.39 is 0 Å². The lowest BCUT2D eigenvalue weighted by molar-refractivity contribution is 1.45. The first-order chi connectivity index (χ1) is 12.8. The van der Waals surface area contributed by atoms with E-state index in [1.165, 1.54) is 36.3 Å². The fourth-order valence-corrected chi connectivity index (χ4v) is 5.60. The van der Waals surface area contributed by atoms with Crippen LogP contribution in [0.1, 0.15) is 0 Å². The molecule has 0 aliphatic rings. The van der Waals surface area contributed by atoms with Crippen molar-refractivity contribution in [2.75, 3.05) is 0 Å². The number of hydrogen-bond donors (Lipinski definition) is 0. The van der Waals surface area contributed by atoms with Gasteiger partial charge in [-0.15, -0.1) is 11.3 Å². The number of thiophene rings is 1. The number of pyridine rings is 1. The lowest BCUT2D eigenvalue weighted by Gasteiger charge is -2.11. The van der Waals surface area contributed by atoms with Gasteiger partial charge in [-0.2, -0.15) is 0 Å². The lowest BCUT2D eigenvalue weighted by atomic mass is 9.95. The molecule has 0 saturated carbocycles. The van der Waals surface area contributed by atoms with Crippen molar-refractivity contribution in [1.82, 2.24) is 4.98 Å². The van der Waals surface area contributed by atoms with Crippen LogP contribution in [0, 0.1) is 0 Å². The van der Waals surface area contributed by atoms with Crippen molar-refractivity contribution < 1.29 is 0 Å². The third-order valence-corrected chi connectivity index (χ3v) is 6.61. The van der Waals surface area contributed by atoms with Gasteiger partial charge >= 0.3 is 0 Å². The number of nitrogens with zero attached hydrogens (tertiary/aromatic N) is 1. The molecular weight excluding hydrogens is 358 g/mol. The Morgan fingerprint density at radius 2 is 1.27 bits per heavy atom. The first-order valence-electron chi connectivity index (χ1n) is 8.53. The normalized spacial score (nSPS) is 12.0. The summed E-state index contributed by atoms with van der Waals surface area (Å²) in [6, 6.07) is 25.5. The minimum atomic E-state index is 0.581. The quantitative estimate of drug-likeness (QED) is 0.199. The molecule has 4 aromatic carbocycles. The van der Waals surface area contributed by atoms with Crippen molar-refractivity contribution in [3.63, 3.8) is 0 Å². The van der Waals surface area contributed by atoms with Crippen LogP contribution in [-0.2, 0) is 0 Å². The Hall–Kier alpha value is -2.68. The minimum absolute atomic E-state index is 0.581. The molecule has 0 atom stereocenters. The van der Waals surface area contributed by atoms with Gasteiger partial charge in [0.05, 0.1) is 5.52 Å². The van der Waals surface area contributed by atoms with E-state index in [1.54, 1.807) is 0 Å². The Bertz CT molecular complexity index is 1500. The van der Waals surface area contributed by atoms with Crippen molar-refractivity contribution in [1.29, 1.82) is 0 Å². The molecule has 0 saturated heterocycles. The molecule has 0 N–H and O–H groups in total. The molecule has 122 valence electrons. The van der Waals surface area contributed by atoms with E-state index in [-0.39, 0.29) is 0 Å². The van der Waals surface area contributed by atoms with Gasteiger partial charge in [0.25, 0.3) is 0 Å². The molecule has 0 aliphatic carbocycles. The summed E-state index contributed by atoms with van der Waals surface area (Å²) in [5, 5.41) is 9.00. The van der Waals surface area contributed by atoms with Gasteiger partial charge in [0, 0.05) is 41.7 Å². The van der Waals surface area contributed by atoms with Crippen molar-refractivity contribution in [3.8, 4) is 0 Å². The highest BCUT2D eigenvalue weighted by molar-refractivity contribution is 7.27. The van der Waals surface area contributed by atoms with Gasteiger partial charge in [0.15, 0.2) is 0 Å². The van der Waals surface area contributed by atoms with E-state index in [0.717, 1.165) is 16.3 Å². The Kier molecular flexibility index (Phi) is 2.88. The van der Waals surface area contributed by atoms with Crippen LogP contribution in [0.15, 0.2) is 72.8 Å². The fourth-order valence-electron chi connectivity index (χ4n) is 4.07. The maximum absolute atomic E-state index is 6.77. The van der Waals surface area contributed by atoms with E-state index in [1.807, 2.05) is 23.5 Å². The van der Waals surface area contributed by atoms with Crippen molar-refractivity contribution in [2.45, 2.75) is 0 Å². The lowest BCUT2D eigenvalue weighted by Crippen LogP contribution is -1.87. The zero-order valence-corrected chi connectivity index (χ0v) is 15.2. The molecule has 6 aromatic rings. The Labute approximate surface area is 158 Å². The number of fused-ring (bicyclic) bond motifs is 10. The number of halogens is 1. The molecule has 26 heavy (non-hydrogen) atoms. The monoisotopic (exact) mass is 369 g/mol. The first-order valence-corrected chi connectivity index (χ1v) is 9.72. The Morgan fingerprint density at radius 1 is 0.615 bits per heavy atom. The maximum atomic E-state index is 6.77. The Morgan fingerprint density at radius 3 is 2.12 bits per heavy atom. The highest BCUT2D eigenvalue weighted by Crippen LogP contribution is 2.47. The molecule has 0 unspecified atom stereocenters. The highest BCUT2D eigenvalue weighted by Gasteiger charge is 2.18. The second-order valence-corrected chi connectivity index (χ2v) is 7.93. The molecule has 0 fully saturated rings. The van der Waals surface area contributed by atoms with E-state index in [9.17, 15) is 0 Å². The molecule has 0 radical (unpaired) electrons. The molecule has 2 aromatic heterocycles. The van der Waals surface area contributed by atoms with Gasteiger partial charge in [-0.3, -0.25) is 0 Å². The van der Waals surface area contributed by atoms with Gasteiger partial charge in [0.1, 0.15) is 5.15 Å². The minimum Gasteiger partial charge on any atom is -0.235 e. The van der Waals surface area contributed by atoms with Crippen LogP contribution in [-0.4, -0.2) is 4.98 Å². The number of aromatic nitrogens is 1. The van der Waals surface area contributed by atoms with Crippen LogP contribution in [0.5, 0.6) is 0 Å². The third kappa shape index (κ3) is 1.78. The molecule has 0 aliphatic heterocycles. The van der Waals surface area contributed by atoms with Crippen molar-refractivity contribution >= 4 is 75.6 Å². The fraction of sp³-hybridized carbons (Fsp3) is 0. The summed E-state index contributed by atoms with van der Waals surface area (Å²) < 4.78 is 2.57. The first kappa shape index (κ1) is 14.5. The Balaban J connectivity index is 2.10. The molecule has 6 rings (SSSR count). The average Bonchev–Trinajstić information content (AvgIpc) is 3.07. The van der Waals surface area contributed by atoms with Crippen LogP contribution in [0.3, 0.4) is 0 Å². The molecule has 2 heterocycles. The number of benzene rings is 4. The van der Waals surface area contributed by atoms with Gasteiger partial charge in [-0.1, -0.05) is 72.3 Å².